The van der Waals surface area contributed by atoms with E-state index >= 15 is 0 Å². The van der Waals surface area contributed by atoms with Crippen LogP contribution in [0.1, 0.15) is 13.8 Å². The monoisotopic (exact) mass is 346 g/mol. The highest BCUT2D eigenvalue weighted by Crippen LogP contribution is 2.51. The molecule has 2 saturated heterocycles. The van der Waals surface area contributed by atoms with E-state index in [1.807, 2.05) is 49.7 Å². The molecule has 7 nitrogen and oxygen atoms in total. The second kappa shape index (κ2) is 4.89. The van der Waals surface area contributed by atoms with Crippen LogP contribution >= 0.6 is 11.8 Å². The van der Waals surface area contributed by atoms with Gasteiger partial charge in [0.1, 0.15) is 17.5 Å². The highest BCUT2D eigenvalue weighted by molar-refractivity contribution is 8.01. The number of aliphatic carboxylic acids is 1. The summed E-state index contributed by atoms with van der Waals surface area (Å²) in [7, 11) is 1.89. The number of anilines is 1. The van der Waals surface area contributed by atoms with Gasteiger partial charge in [-0.1, -0.05) is 12.1 Å². The van der Waals surface area contributed by atoms with Gasteiger partial charge in [0.2, 0.25) is 11.9 Å². The maximum atomic E-state index is 12.5. The Bertz CT molecular complexity index is 862. The standard InChI is InChI=1S/C16H18N4O3S/c1-16(2)11(14(22)23)20-12(21)10(13(20)24-16)18-15-17-8-6-4-5-7-9(8)19(15)3/h4-7,10-11,13H,1-3H3,(H,17,18)(H,22,23)/t10?,11?,13-/m1/s1. The summed E-state index contributed by atoms with van der Waals surface area (Å²) in [6.45, 7) is 3.74. The Hall–Kier alpha value is -2.22. The molecule has 24 heavy (non-hydrogen) atoms. The molecular weight excluding hydrogens is 328 g/mol. The van der Waals surface area contributed by atoms with Gasteiger partial charge in [-0.05, 0) is 26.0 Å². The van der Waals surface area contributed by atoms with Crippen molar-refractivity contribution in [2.24, 2.45) is 7.05 Å². The van der Waals surface area contributed by atoms with Crippen molar-refractivity contribution >= 4 is 40.6 Å². The summed E-state index contributed by atoms with van der Waals surface area (Å²) in [5.74, 6) is -0.520. The van der Waals surface area contributed by atoms with Gasteiger partial charge in [0.25, 0.3) is 0 Å². The Morgan fingerprint density at radius 1 is 1.38 bits per heavy atom. The molecular formula is C16H18N4O3S. The molecule has 2 unspecified atom stereocenters. The number of β-lactam (4-membered cyclic amide) rings is 1. The van der Waals surface area contributed by atoms with Crippen LogP contribution in [0.15, 0.2) is 24.3 Å². The first kappa shape index (κ1) is 15.3. The first-order valence-corrected chi connectivity index (χ1v) is 8.60. The van der Waals surface area contributed by atoms with Crippen molar-refractivity contribution in [3.63, 3.8) is 0 Å². The fourth-order valence-electron chi connectivity index (χ4n) is 3.56. The molecule has 0 radical (unpaired) electrons. The molecule has 2 aliphatic rings. The van der Waals surface area contributed by atoms with Gasteiger partial charge in [0, 0.05) is 11.8 Å². The van der Waals surface area contributed by atoms with Crippen LogP contribution in [0.4, 0.5) is 5.95 Å². The van der Waals surface area contributed by atoms with E-state index in [2.05, 4.69) is 10.3 Å². The molecule has 2 aromatic rings. The van der Waals surface area contributed by atoms with Crippen LogP contribution in [-0.2, 0) is 16.6 Å². The molecule has 4 rings (SSSR count). The van der Waals surface area contributed by atoms with Gasteiger partial charge in [-0.3, -0.25) is 4.79 Å². The first-order valence-electron chi connectivity index (χ1n) is 7.72. The minimum absolute atomic E-state index is 0.183. The summed E-state index contributed by atoms with van der Waals surface area (Å²) in [5, 5.41) is 12.5. The van der Waals surface area contributed by atoms with Gasteiger partial charge in [-0.25, -0.2) is 9.78 Å². The lowest BCUT2D eigenvalue weighted by Gasteiger charge is -2.43. The predicted octanol–water partition coefficient (Wildman–Crippen LogP) is 1.50. The summed E-state index contributed by atoms with van der Waals surface area (Å²) in [4.78, 5) is 30.1. The topological polar surface area (TPSA) is 87.5 Å². The van der Waals surface area contributed by atoms with E-state index in [4.69, 9.17) is 0 Å². The van der Waals surface area contributed by atoms with Crippen LogP contribution < -0.4 is 5.32 Å². The number of thioether (sulfide) groups is 1. The number of amides is 1. The van der Waals surface area contributed by atoms with Gasteiger partial charge < -0.3 is 19.9 Å². The van der Waals surface area contributed by atoms with Crippen LogP contribution in [0.25, 0.3) is 11.0 Å². The zero-order chi connectivity index (χ0) is 17.2. The second-order valence-electron chi connectivity index (χ2n) is 6.70. The molecule has 8 heteroatoms. The molecule has 2 aliphatic heterocycles. The third kappa shape index (κ3) is 1.95. The third-order valence-electron chi connectivity index (χ3n) is 4.75. The van der Waals surface area contributed by atoms with Gasteiger partial charge in [0.15, 0.2) is 0 Å². The van der Waals surface area contributed by atoms with Crippen molar-refractivity contribution in [1.82, 2.24) is 14.5 Å². The zero-order valence-corrected chi connectivity index (χ0v) is 14.4. The van der Waals surface area contributed by atoms with E-state index in [1.54, 1.807) is 0 Å². The summed E-state index contributed by atoms with van der Waals surface area (Å²) >= 11 is 1.52. The molecule has 126 valence electrons. The van der Waals surface area contributed by atoms with Crippen molar-refractivity contribution in [1.29, 1.82) is 0 Å². The number of aromatic nitrogens is 2. The molecule has 0 aliphatic carbocycles. The largest absolute Gasteiger partial charge is 0.480 e. The van der Waals surface area contributed by atoms with E-state index in [1.165, 1.54) is 16.7 Å². The second-order valence-corrected chi connectivity index (χ2v) is 8.47. The quantitative estimate of drug-likeness (QED) is 0.819. The minimum Gasteiger partial charge on any atom is -0.480 e. The Kier molecular flexibility index (Phi) is 3.12. The van der Waals surface area contributed by atoms with Gasteiger partial charge >= 0.3 is 5.97 Å². The van der Waals surface area contributed by atoms with E-state index in [0.717, 1.165) is 11.0 Å². The molecule has 0 saturated carbocycles. The number of nitrogens with zero attached hydrogens (tertiary/aromatic N) is 3. The number of carboxylic acid groups (broad SMARTS) is 1. The van der Waals surface area contributed by atoms with Crippen molar-refractivity contribution in [2.45, 2.75) is 36.1 Å². The average molecular weight is 346 g/mol. The van der Waals surface area contributed by atoms with E-state index in [0.29, 0.717) is 5.95 Å². The molecule has 0 spiro atoms. The highest BCUT2D eigenvalue weighted by atomic mass is 32.2. The van der Waals surface area contributed by atoms with Crippen LogP contribution in [0, 0.1) is 0 Å². The van der Waals surface area contributed by atoms with Crippen LogP contribution in [-0.4, -0.2) is 53.6 Å². The van der Waals surface area contributed by atoms with Crippen LogP contribution in [0.2, 0.25) is 0 Å². The summed E-state index contributed by atoms with van der Waals surface area (Å²) < 4.78 is 1.39. The Labute approximate surface area is 143 Å². The highest BCUT2D eigenvalue weighted by Gasteiger charge is 2.64. The molecule has 3 heterocycles. The van der Waals surface area contributed by atoms with Crippen molar-refractivity contribution < 1.29 is 14.7 Å². The van der Waals surface area contributed by atoms with Crippen molar-refractivity contribution in [3.05, 3.63) is 24.3 Å². The third-order valence-corrected chi connectivity index (χ3v) is 6.32. The van der Waals surface area contributed by atoms with Gasteiger partial charge in [0.05, 0.1) is 11.0 Å². The smallest absolute Gasteiger partial charge is 0.327 e. The van der Waals surface area contributed by atoms with Crippen LogP contribution in [0.3, 0.4) is 0 Å². The number of para-hydroxylation sites is 2. The lowest BCUT2D eigenvalue weighted by molar-refractivity contribution is -0.158. The molecule has 1 aromatic carbocycles. The SMILES string of the molecule is Cn1c(NC2C(=O)N3C(C(=O)O)C(C)(C)S[C@H]23)nc2ccccc21. The van der Waals surface area contributed by atoms with Gasteiger partial charge in [-0.2, -0.15) is 0 Å². The van der Waals surface area contributed by atoms with Crippen molar-refractivity contribution in [2.75, 3.05) is 5.32 Å². The number of imidazole rings is 1. The number of aryl methyl sites for hydroxylation is 1. The van der Waals surface area contributed by atoms with Crippen LogP contribution in [0.5, 0.6) is 0 Å². The number of benzene rings is 1. The lowest BCUT2D eigenvalue weighted by atomic mass is 9.96. The Morgan fingerprint density at radius 2 is 2.08 bits per heavy atom. The summed E-state index contributed by atoms with van der Waals surface area (Å²) in [6, 6.07) is 6.51. The number of carbonyl (C=O) groups excluding carboxylic acids is 1. The molecule has 0 bridgehead atoms. The number of carboxylic acids is 1. The summed E-state index contributed by atoms with van der Waals surface area (Å²) in [5.41, 5.74) is 1.83. The summed E-state index contributed by atoms with van der Waals surface area (Å²) in [6.07, 6.45) is 0. The fraction of sp³-hybridized carbons (Fsp3) is 0.438. The normalized spacial score (nSPS) is 27.9. The maximum absolute atomic E-state index is 12.5. The maximum Gasteiger partial charge on any atom is 0.327 e. The van der Waals surface area contributed by atoms with E-state index < -0.39 is 22.8 Å². The molecule has 2 fully saturated rings. The number of nitrogens with one attached hydrogen (secondary N) is 1. The number of rotatable bonds is 3. The predicted molar refractivity (Wildman–Crippen MR) is 91.9 cm³/mol. The minimum atomic E-state index is -0.954. The number of carbonyl (C=O) groups is 2. The number of fused-ring (bicyclic) bond motifs is 2. The average Bonchev–Trinajstić information content (AvgIpc) is 2.97. The fourth-order valence-corrected chi connectivity index (χ4v) is 5.18. The zero-order valence-electron chi connectivity index (χ0n) is 13.6. The lowest BCUT2D eigenvalue weighted by Crippen LogP contribution is -2.68. The van der Waals surface area contributed by atoms with Crippen molar-refractivity contribution in [3.8, 4) is 0 Å². The van der Waals surface area contributed by atoms with E-state index in [-0.39, 0.29) is 11.3 Å². The Morgan fingerprint density at radius 3 is 2.75 bits per heavy atom. The molecule has 1 aromatic heterocycles. The number of hydrogen-bond acceptors (Lipinski definition) is 5. The molecule has 1 amide bonds. The Balaban J connectivity index is 1.62. The van der Waals surface area contributed by atoms with E-state index in [9.17, 15) is 14.7 Å². The molecule has 3 atom stereocenters. The number of hydrogen-bond donors (Lipinski definition) is 2. The molecule has 2 N–H and O–H groups in total. The van der Waals surface area contributed by atoms with Gasteiger partial charge in [-0.15, -0.1) is 11.8 Å². The first-order chi connectivity index (χ1) is 11.3.